The van der Waals surface area contributed by atoms with Crippen molar-refractivity contribution in [2.24, 2.45) is 17.6 Å². The van der Waals surface area contributed by atoms with Crippen LogP contribution in [0.1, 0.15) is 26.2 Å². The quantitative estimate of drug-likeness (QED) is 0.758. The van der Waals surface area contributed by atoms with E-state index >= 15 is 0 Å². The van der Waals surface area contributed by atoms with Crippen LogP contribution in [0.3, 0.4) is 0 Å². The first-order chi connectivity index (χ1) is 7.18. The van der Waals surface area contributed by atoms with Crippen LogP contribution in [-0.2, 0) is 4.74 Å². The highest BCUT2D eigenvalue weighted by molar-refractivity contribution is 4.95. The van der Waals surface area contributed by atoms with E-state index < -0.39 is 0 Å². The van der Waals surface area contributed by atoms with Crippen LogP contribution in [0.4, 0.5) is 0 Å². The molecule has 2 fully saturated rings. The van der Waals surface area contributed by atoms with Crippen LogP contribution in [0.5, 0.6) is 0 Å². The smallest absolute Gasteiger partial charge is 0.0662 e. The number of nitrogens with two attached hydrogens (primary N) is 1. The second-order valence-electron chi connectivity index (χ2n) is 5.44. The highest BCUT2D eigenvalue weighted by Gasteiger charge is 2.40. The molecule has 1 saturated carbocycles. The third kappa shape index (κ3) is 2.35. The summed E-state index contributed by atoms with van der Waals surface area (Å²) in [6, 6.07) is 0. The topological polar surface area (TPSA) is 38.5 Å². The van der Waals surface area contributed by atoms with Crippen molar-refractivity contribution in [3.8, 4) is 0 Å². The van der Waals surface area contributed by atoms with Crippen LogP contribution in [0.2, 0.25) is 0 Å². The standard InChI is InChI=1S/C12H24N2O/c1-10-6-11(10)7-14(2)12(8-13)4-3-5-15-9-12/h10-11H,3-9,13H2,1-2H3. The maximum absolute atomic E-state index is 5.95. The van der Waals surface area contributed by atoms with E-state index in [4.69, 9.17) is 10.5 Å². The van der Waals surface area contributed by atoms with Crippen LogP contribution < -0.4 is 5.73 Å². The number of hydrogen-bond donors (Lipinski definition) is 1. The molecule has 3 nitrogen and oxygen atoms in total. The molecule has 2 N–H and O–H groups in total. The molecular formula is C12H24N2O. The molecular weight excluding hydrogens is 188 g/mol. The zero-order valence-corrected chi connectivity index (χ0v) is 10.0. The molecule has 0 amide bonds. The van der Waals surface area contributed by atoms with Gasteiger partial charge in [-0.1, -0.05) is 6.92 Å². The lowest BCUT2D eigenvalue weighted by Gasteiger charge is -2.43. The van der Waals surface area contributed by atoms with E-state index in [-0.39, 0.29) is 5.54 Å². The summed E-state index contributed by atoms with van der Waals surface area (Å²) >= 11 is 0. The second-order valence-corrected chi connectivity index (χ2v) is 5.44. The van der Waals surface area contributed by atoms with Crippen molar-refractivity contribution in [2.75, 3.05) is 33.4 Å². The Morgan fingerprint density at radius 1 is 1.53 bits per heavy atom. The van der Waals surface area contributed by atoms with E-state index in [1.165, 1.54) is 19.4 Å². The van der Waals surface area contributed by atoms with Gasteiger partial charge in [0.2, 0.25) is 0 Å². The number of likely N-dealkylation sites (N-methyl/N-ethyl adjacent to an activating group) is 1. The second kappa shape index (κ2) is 4.40. The van der Waals surface area contributed by atoms with Crippen molar-refractivity contribution < 1.29 is 4.74 Å². The van der Waals surface area contributed by atoms with E-state index in [0.29, 0.717) is 0 Å². The van der Waals surface area contributed by atoms with Crippen LogP contribution in [0, 0.1) is 11.8 Å². The van der Waals surface area contributed by atoms with Crippen molar-refractivity contribution in [2.45, 2.75) is 31.7 Å². The molecule has 1 aliphatic heterocycles. The Morgan fingerprint density at radius 3 is 2.73 bits per heavy atom. The van der Waals surface area contributed by atoms with Crippen molar-refractivity contribution in [1.29, 1.82) is 0 Å². The van der Waals surface area contributed by atoms with Crippen molar-refractivity contribution in [1.82, 2.24) is 4.90 Å². The molecule has 1 saturated heterocycles. The van der Waals surface area contributed by atoms with Gasteiger partial charge in [0.15, 0.2) is 0 Å². The van der Waals surface area contributed by atoms with Gasteiger partial charge in [0, 0.05) is 19.7 Å². The van der Waals surface area contributed by atoms with Gasteiger partial charge in [-0.05, 0) is 38.1 Å². The Morgan fingerprint density at radius 2 is 2.27 bits per heavy atom. The number of hydrogen-bond acceptors (Lipinski definition) is 3. The summed E-state index contributed by atoms with van der Waals surface area (Å²) < 4.78 is 5.60. The predicted octanol–water partition coefficient (Wildman–Crippen LogP) is 1.08. The van der Waals surface area contributed by atoms with Crippen molar-refractivity contribution in [3.05, 3.63) is 0 Å². The normalized spacial score (nSPS) is 40.8. The molecule has 15 heavy (non-hydrogen) atoms. The Balaban J connectivity index is 1.91. The molecule has 0 bridgehead atoms. The van der Waals surface area contributed by atoms with Gasteiger partial charge in [-0.3, -0.25) is 4.90 Å². The largest absolute Gasteiger partial charge is 0.379 e. The van der Waals surface area contributed by atoms with E-state index in [9.17, 15) is 0 Å². The lowest BCUT2D eigenvalue weighted by molar-refractivity contribution is -0.0360. The van der Waals surface area contributed by atoms with E-state index in [1.807, 2.05) is 0 Å². The Kier molecular flexibility index (Phi) is 3.33. The summed E-state index contributed by atoms with van der Waals surface area (Å²) in [5, 5.41) is 0. The molecule has 0 radical (unpaired) electrons. The van der Waals surface area contributed by atoms with Gasteiger partial charge in [0.05, 0.1) is 12.1 Å². The number of ether oxygens (including phenoxy) is 1. The molecule has 3 heteroatoms. The van der Waals surface area contributed by atoms with Crippen LogP contribution in [0.15, 0.2) is 0 Å². The highest BCUT2D eigenvalue weighted by Crippen LogP contribution is 2.39. The maximum Gasteiger partial charge on any atom is 0.0662 e. The molecule has 0 spiro atoms. The summed E-state index contributed by atoms with van der Waals surface area (Å²) in [7, 11) is 2.21. The Bertz CT molecular complexity index is 214. The first-order valence-corrected chi connectivity index (χ1v) is 6.17. The molecule has 88 valence electrons. The SMILES string of the molecule is CC1CC1CN(C)C1(CN)CCCOC1. The fourth-order valence-corrected chi connectivity index (χ4v) is 2.65. The fraction of sp³-hybridized carbons (Fsp3) is 1.00. The van der Waals surface area contributed by atoms with Gasteiger partial charge in [-0.15, -0.1) is 0 Å². The highest BCUT2D eigenvalue weighted by atomic mass is 16.5. The summed E-state index contributed by atoms with van der Waals surface area (Å²) in [6.07, 6.45) is 3.74. The molecule has 2 aliphatic rings. The van der Waals surface area contributed by atoms with Gasteiger partial charge in [0.1, 0.15) is 0 Å². The molecule has 0 aromatic carbocycles. The first kappa shape index (κ1) is 11.4. The minimum absolute atomic E-state index is 0.126. The van der Waals surface area contributed by atoms with Gasteiger partial charge < -0.3 is 10.5 Å². The Hall–Kier alpha value is -0.120. The summed E-state index contributed by atoms with van der Waals surface area (Å²) in [6.45, 7) is 5.99. The fourth-order valence-electron chi connectivity index (χ4n) is 2.65. The van der Waals surface area contributed by atoms with E-state index in [1.54, 1.807) is 0 Å². The molecule has 0 aromatic heterocycles. The number of nitrogens with zero attached hydrogens (tertiary/aromatic N) is 1. The summed E-state index contributed by atoms with van der Waals surface area (Å²) in [5.74, 6) is 1.83. The Labute approximate surface area is 93.0 Å². The van der Waals surface area contributed by atoms with Gasteiger partial charge >= 0.3 is 0 Å². The van der Waals surface area contributed by atoms with Gasteiger partial charge in [-0.25, -0.2) is 0 Å². The lowest BCUT2D eigenvalue weighted by Crippen LogP contribution is -2.57. The van der Waals surface area contributed by atoms with E-state index in [0.717, 1.165) is 38.0 Å². The first-order valence-electron chi connectivity index (χ1n) is 6.17. The van der Waals surface area contributed by atoms with Crippen molar-refractivity contribution >= 4 is 0 Å². The molecule has 1 heterocycles. The third-order valence-corrected chi connectivity index (χ3v) is 4.28. The van der Waals surface area contributed by atoms with Crippen molar-refractivity contribution in [3.63, 3.8) is 0 Å². The molecule has 1 aliphatic carbocycles. The van der Waals surface area contributed by atoms with Crippen LogP contribution in [0.25, 0.3) is 0 Å². The monoisotopic (exact) mass is 212 g/mol. The van der Waals surface area contributed by atoms with Crippen LogP contribution >= 0.6 is 0 Å². The lowest BCUT2D eigenvalue weighted by atomic mass is 9.90. The zero-order chi connectivity index (χ0) is 10.9. The van der Waals surface area contributed by atoms with Gasteiger partial charge in [0.25, 0.3) is 0 Å². The zero-order valence-electron chi connectivity index (χ0n) is 10.0. The molecule has 3 unspecified atom stereocenters. The third-order valence-electron chi connectivity index (χ3n) is 4.28. The average molecular weight is 212 g/mol. The minimum atomic E-state index is 0.126. The van der Waals surface area contributed by atoms with E-state index in [2.05, 4.69) is 18.9 Å². The predicted molar refractivity (Wildman–Crippen MR) is 61.7 cm³/mol. The maximum atomic E-state index is 5.95. The average Bonchev–Trinajstić information content (AvgIpc) is 2.95. The molecule has 0 aromatic rings. The van der Waals surface area contributed by atoms with Crippen LogP contribution in [-0.4, -0.2) is 43.8 Å². The summed E-state index contributed by atoms with van der Waals surface area (Å²) in [5.41, 5.74) is 6.07. The minimum Gasteiger partial charge on any atom is -0.379 e. The number of rotatable bonds is 4. The molecule has 2 rings (SSSR count). The summed E-state index contributed by atoms with van der Waals surface area (Å²) in [4.78, 5) is 2.46. The van der Waals surface area contributed by atoms with Gasteiger partial charge in [-0.2, -0.15) is 0 Å². The molecule has 3 atom stereocenters.